The number of rotatable bonds is 9. The SMILES string of the molecule is CN(C)Cc1c2c(nc3cc4c(cc13)OCCO4)-c1cc3ccccc3c(=O)n1C2.O=c1c2cccc(CO)c2cc2n1Cc1cc3ccccc3nc1-2.O=c1c2ccccc2cc2n1Cc1c-2nc2ccccc2c1CCCNCCO.O=c1c2ccccc2cc2n1Cc1cc3ccccc3nc1-2. The quantitative estimate of drug-likeness (QED) is 0.115. The summed E-state index contributed by atoms with van der Waals surface area (Å²) in [6.45, 7) is 5.63. The Labute approximate surface area is 600 Å². The molecule has 0 fully saturated rings. The first-order chi connectivity index (χ1) is 51.4. The molecule has 18 heteroatoms. The van der Waals surface area contributed by atoms with Gasteiger partial charge in [-0.15, -0.1) is 0 Å². The van der Waals surface area contributed by atoms with Crippen LogP contribution in [0.15, 0.2) is 232 Å². The average Bonchev–Trinajstić information content (AvgIpc) is 1.61. The number of nitrogens with one attached hydrogen (secondary N) is 1. The molecule has 5 aliphatic rings. The van der Waals surface area contributed by atoms with E-state index in [0.717, 1.165) is 181 Å². The normalized spacial score (nSPS) is 13.0. The van der Waals surface area contributed by atoms with E-state index in [9.17, 15) is 24.3 Å². The number of para-hydroxylation sites is 3. The van der Waals surface area contributed by atoms with Gasteiger partial charge in [-0.05, 0) is 157 Å². The second-order valence-corrected chi connectivity index (χ2v) is 27.5. The van der Waals surface area contributed by atoms with Crippen molar-refractivity contribution >= 4 is 86.7 Å². The maximum absolute atomic E-state index is 13.2. The van der Waals surface area contributed by atoms with Gasteiger partial charge in [0, 0.05) is 84.5 Å². The molecule has 0 aliphatic carbocycles. The van der Waals surface area contributed by atoms with Crippen LogP contribution < -0.4 is 37.0 Å². The lowest BCUT2D eigenvalue weighted by atomic mass is 9.96. The van der Waals surface area contributed by atoms with Gasteiger partial charge < -0.3 is 48.2 Å². The number of ether oxygens (including phenoxy) is 2. The van der Waals surface area contributed by atoms with Crippen molar-refractivity contribution in [3.05, 3.63) is 293 Å². The van der Waals surface area contributed by atoms with Gasteiger partial charge in [-0.2, -0.15) is 0 Å². The number of aliphatic hydroxyl groups is 2. The first kappa shape index (κ1) is 64.8. The molecule has 18 nitrogen and oxygen atoms in total. The van der Waals surface area contributed by atoms with Gasteiger partial charge in [0.2, 0.25) is 0 Å². The molecule has 105 heavy (non-hydrogen) atoms. The Hall–Kier alpha value is -12.3. The number of aryl methyl sites for hydroxylation is 1. The van der Waals surface area contributed by atoms with E-state index in [2.05, 4.69) is 66.8 Å². The first-order valence-electron chi connectivity index (χ1n) is 35.5. The van der Waals surface area contributed by atoms with E-state index in [1.807, 2.05) is 184 Å². The fraction of sp³-hybridized carbons (Fsp3) is 0.172. The third kappa shape index (κ3) is 11.3. The summed E-state index contributed by atoms with van der Waals surface area (Å²) in [5.41, 5.74) is 18.7. The van der Waals surface area contributed by atoms with E-state index >= 15 is 0 Å². The molecule has 0 spiro atoms. The van der Waals surface area contributed by atoms with Gasteiger partial charge >= 0.3 is 0 Å². The van der Waals surface area contributed by atoms with Crippen LogP contribution >= 0.6 is 0 Å². The third-order valence-electron chi connectivity index (χ3n) is 20.9. The second kappa shape index (κ2) is 26.5. The molecular formula is C87H70N10O8. The summed E-state index contributed by atoms with van der Waals surface area (Å²) in [7, 11) is 4.11. The molecule has 516 valence electrons. The number of aromatic nitrogens is 8. The van der Waals surface area contributed by atoms with Crippen LogP contribution in [0.1, 0.15) is 45.4 Å². The fourth-order valence-electron chi connectivity index (χ4n) is 15.9. The molecule has 21 rings (SSSR count). The zero-order valence-electron chi connectivity index (χ0n) is 57.8. The molecule has 0 unspecified atom stereocenters. The summed E-state index contributed by atoms with van der Waals surface area (Å²) < 4.78 is 18.9. The van der Waals surface area contributed by atoms with Crippen LogP contribution in [0.25, 0.3) is 132 Å². The highest BCUT2D eigenvalue weighted by Gasteiger charge is 2.31. The number of fused-ring (bicyclic) bond motifs is 21. The Morgan fingerprint density at radius 3 is 1.38 bits per heavy atom. The topological polar surface area (TPSA) is 214 Å². The number of pyridine rings is 8. The van der Waals surface area contributed by atoms with Crippen LogP contribution in [-0.4, -0.2) is 100 Å². The van der Waals surface area contributed by atoms with Gasteiger partial charge in [0.1, 0.15) is 13.2 Å². The summed E-state index contributed by atoms with van der Waals surface area (Å²) in [4.78, 5) is 73.6. The van der Waals surface area contributed by atoms with Crippen molar-refractivity contribution in [3.8, 4) is 57.1 Å². The lowest BCUT2D eigenvalue weighted by Crippen LogP contribution is -2.20. The Kier molecular flexibility index (Phi) is 16.3. The van der Waals surface area contributed by atoms with E-state index in [1.165, 1.54) is 22.1 Å². The molecule has 0 saturated heterocycles. The van der Waals surface area contributed by atoms with E-state index in [4.69, 9.17) is 34.5 Å². The number of hydrogen-bond donors (Lipinski definition) is 3. The molecule has 0 radical (unpaired) electrons. The molecule has 13 heterocycles. The van der Waals surface area contributed by atoms with Crippen LogP contribution in [0.3, 0.4) is 0 Å². The maximum Gasteiger partial charge on any atom is 0.259 e. The smallest absolute Gasteiger partial charge is 0.259 e. The first-order valence-corrected chi connectivity index (χ1v) is 35.5. The minimum Gasteiger partial charge on any atom is -0.486 e. The molecule has 0 saturated carbocycles. The van der Waals surface area contributed by atoms with E-state index in [0.29, 0.717) is 51.3 Å². The molecule has 0 bridgehead atoms. The van der Waals surface area contributed by atoms with Gasteiger partial charge in [0.25, 0.3) is 22.2 Å². The molecule has 0 amide bonds. The van der Waals surface area contributed by atoms with Crippen LogP contribution in [0, 0.1) is 0 Å². The van der Waals surface area contributed by atoms with E-state index < -0.39 is 0 Å². The van der Waals surface area contributed by atoms with Crippen molar-refractivity contribution < 1.29 is 19.7 Å². The predicted molar refractivity (Wildman–Crippen MR) is 415 cm³/mol. The average molecular weight is 1380 g/mol. The van der Waals surface area contributed by atoms with Gasteiger partial charge in [-0.25, -0.2) is 19.9 Å². The lowest BCUT2D eigenvalue weighted by molar-refractivity contribution is 0.172. The third-order valence-corrected chi connectivity index (χ3v) is 20.9. The van der Waals surface area contributed by atoms with Crippen molar-refractivity contribution in [3.63, 3.8) is 0 Å². The summed E-state index contributed by atoms with van der Waals surface area (Å²) in [6.07, 6.45) is 1.87. The van der Waals surface area contributed by atoms with Crippen molar-refractivity contribution in [1.82, 2.24) is 48.4 Å². The van der Waals surface area contributed by atoms with Gasteiger partial charge in [0.15, 0.2) is 11.5 Å². The molecule has 0 atom stereocenters. The molecule has 3 N–H and O–H groups in total. The highest BCUT2D eigenvalue weighted by atomic mass is 16.6. The summed E-state index contributed by atoms with van der Waals surface area (Å²) in [6, 6.07) is 69.5. The predicted octanol–water partition coefficient (Wildman–Crippen LogP) is 13.2. The summed E-state index contributed by atoms with van der Waals surface area (Å²) >= 11 is 0. The standard InChI is InChI=1S/C24H21N3O3.C24H23N3O2.C20H14N2O2.C19H12N2O/c1-26(2)12-17-16-10-21-22(30-8-7-29-21)11-19(16)25-23-18(17)13-27-20(23)9-14-5-3-4-6-15(14)24(27)28;28-13-12-25-11-5-9-18-19-8-3-4-10-21(19)26-23-20(18)15-27-22(23)14-16-6-1-2-7-17(16)24(27)29;23-11-13-5-3-6-15-16(13)9-18-19-14(10-22(18)20(15)24)8-12-4-1-2-7-17(12)21-19;22-19-15-7-3-1-5-12(15)10-17-18-14(11-21(17)19)9-13-6-2-4-8-16(13)20-18/h3-6,9-11H,7-8,12-13H2,1-2H3;1-4,6-8,10,14,25,28H,5,9,11-13,15H2;1-9,23H,10-11H2;1-10H,11H2. The monoisotopic (exact) mass is 1380 g/mol. The lowest BCUT2D eigenvalue weighted by Gasteiger charge is -2.21. The summed E-state index contributed by atoms with van der Waals surface area (Å²) in [5.74, 6) is 1.49. The molecule has 8 aromatic heterocycles. The Morgan fingerprint density at radius 2 is 0.838 bits per heavy atom. The zero-order chi connectivity index (χ0) is 71.1. The van der Waals surface area contributed by atoms with Crippen LogP contribution in [0.2, 0.25) is 0 Å². The molecule has 16 aromatic rings. The number of aliphatic hydroxyl groups excluding tert-OH is 2. The van der Waals surface area contributed by atoms with Crippen molar-refractivity contribution in [2.24, 2.45) is 0 Å². The number of nitrogens with zero attached hydrogens (tertiary/aromatic N) is 9. The Morgan fingerprint density at radius 1 is 0.400 bits per heavy atom. The second-order valence-electron chi connectivity index (χ2n) is 27.5. The fourth-order valence-corrected chi connectivity index (χ4v) is 15.9. The maximum atomic E-state index is 13.2. The van der Waals surface area contributed by atoms with Crippen LogP contribution in [0.4, 0.5) is 0 Å². The Balaban J connectivity index is 0.000000100. The number of benzene rings is 8. The van der Waals surface area contributed by atoms with Crippen molar-refractivity contribution in [2.45, 2.75) is 52.2 Å². The zero-order valence-corrected chi connectivity index (χ0v) is 57.8. The molecule has 5 aliphatic heterocycles. The van der Waals surface area contributed by atoms with Gasteiger partial charge in [-0.3, -0.25) is 19.2 Å². The van der Waals surface area contributed by atoms with Crippen molar-refractivity contribution in [2.75, 3.05) is 47.0 Å². The molecular weight excluding hydrogens is 1310 g/mol. The Bertz CT molecular complexity index is 6580. The van der Waals surface area contributed by atoms with E-state index in [1.54, 1.807) is 4.57 Å². The minimum absolute atomic E-state index is 0.0279. The summed E-state index contributed by atoms with van der Waals surface area (Å²) in [5, 5.41) is 32.8. The molecule has 8 aromatic carbocycles. The van der Waals surface area contributed by atoms with Crippen LogP contribution in [-0.2, 0) is 45.8 Å². The van der Waals surface area contributed by atoms with Crippen molar-refractivity contribution in [1.29, 1.82) is 0 Å². The highest BCUT2D eigenvalue weighted by molar-refractivity contribution is 5.96. The number of hydrogen-bond acceptors (Lipinski definition) is 14. The minimum atomic E-state index is -0.0851. The van der Waals surface area contributed by atoms with Gasteiger partial charge in [0.05, 0.1) is 107 Å². The largest absolute Gasteiger partial charge is 0.486 e. The highest BCUT2D eigenvalue weighted by Crippen LogP contribution is 2.43. The van der Waals surface area contributed by atoms with Gasteiger partial charge in [-0.1, -0.05) is 121 Å². The van der Waals surface area contributed by atoms with Crippen LogP contribution in [0.5, 0.6) is 11.5 Å². The van der Waals surface area contributed by atoms with E-state index in [-0.39, 0.29) is 35.5 Å².